The average molecular weight is 376 g/mol. The van der Waals surface area contributed by atoms with Crippen molar-refractivity contribution in [3.8, 4) is 0 Å². The molecule has 1 aromatic carbocycles. The fraction of sp³-hybridized carbons (Fsp3) is 0.619. The first-order chi connectivity index (χ1) is 12.7. The van der Waals surface area contributed by atoms with E-state index < -0.39 is 11.6 Å². The predicted octanol–water partition coefficient (Wildman–Crippen LogP) is 4.00. The molecule has 1 aliphatic heterocycles. The summed E-state index contributed by atoms with van der Waals surface area (Å²) >= 11 is 0. The van der Waals surface area contributed by atoms with Crippen molar-refractivity contribution in [2.45, 2.75) is 65.1 Å². The Balaban J connectivity index is 2.01. The average Bonchev–Trinajstić information content (AvgIpc) is 2.59. The summed E-state index contributed by atoms with van der Waals surface area (Å²) in [5.74, 6) is -0.910. The van der Waals surface area contributed by atoms with E-state index in [9.17, 15) is 9.59 Å². The first-order valence-corrected chi connectivity index (χ1v) is 9.74. The molecule has 27 heavy (non-hydrogen) atoms. The Morgan fingerprint density at radius 3 is 2.41 bits per heavy atom. The van der Waals surface area contributed by atoms with Crippen molar-refractivity contribution in [2.75, 3.05) is 19.6 Å². The molecule has 0 spiro atoms. The fourth-order valence-corrected chi connectivity index (χ4v) is 3.32. The Kier molecular flexibility index (Phi) is 7.25. The molecule has 6 nitrogen and oxygen atoms in total. The number of nitrogens with zero attached hydrogens (tertiary/aromatic N) is 2. The van der Waals surface area contributed by atoms with Crippen molar-refractivity contribution in [3.05, 3.63) is 35.4 Å². The van der Waals surface area contributed by atoms with Crippen LogP contribution in [-0.4, -0.2) is 58.2 Å². The summed E-state index contributed by atoms with van der Waals surface area (Å²) in [6.07, 6.45) is 2.90. The molecule has 1 amide bonds. The molecular formula is C21H32N2O4. The zero-order valence-corrected chi connectivity index (χ0v) is 16.9. The SMILES string of the molecule is CCCC[C@@H]1CN(Cc2ccc(C(=O)O)cc2)CCN1C(=O)OC(C)(C)C. The van der Waals surface area contributed by atoms with Gasteiger partial charge in [-0.3, -0.25) is 4.90 Å². The van der Waals surface area contributed by atoms with Crippen LogP contribution in [-0.2, 0) is 11.3 Å². The van der Waals surface area contributed by atoms with E-state index in [4.69, 9.17) is 9.84 Å². The van der Waals surface area contributed by atoms with Gasteiger partial charge in [0, 0.05) is 32.2 Å². The molecule has 150 valence electrons. The number of amides is 1. The summed E-state index contributed by atoms with van der Waals surface area (Å²) < 4.78 is 5.59. The van der Waals surface area contributed by atoms with Crippen molar-refractivity contribution in [2.24, 2.45) is 0 Å². The van der Waals surface area contributed by atoms with Crippen molar-refractivity contribution in [1.29, 1.82) is 0 Å². The molecule has 1 N–H and O–H groups in total. The van der Waals surface area contributed by atoms with Gasteiger partial charge in [-0.15, -0.1) is 0 Å². The minimum absolute atomic E-state index is 0.145. The van der Waals surface area contributed by atoms with E-state index in [1.165, 1.54) is 0 Å². The van der Waals surface area contributed by atoms with Gasteiger partial charge in [0.15, 0.2) is 0 Å². The summed E-state index contributed by atoms with van der Waals surface area (Å²) in [6, 6.07) is 7.16. The van der Waals surface area contributed by atoms with Crippen LogP contribution in [0.2, 0.25) is 0 Å². The lowest BCUT2D eigenvalue weighted by atomic mass is 10.0. The number of carbonyl (C=O) groups excluding carboxylic acids is 1. The van der Waals surface area contributed by atoms with Crippen LogP contribution < -0.4 is 0 Å². The monoisotopic (exact) mass is 376 g/mol. The molecule has 0 aliphatic carbocycles. The standard InChI is InChI=1S/C21H32N2O4/c1-5-6-7-18-15-22(12-13-23(18)20(26)27-21(2,3)4)14-16-8-10-17(11-9-16)19(24)25/h8-11,18H,5-7,12-15H2,1-4H3,(H,24,25)/t18-/m1/s1. The van der Waals surface area contributed by atoms with E-state index in [1.807, 2.05) is 37.8 Å². The second-order valence-electron chi connectivity index (χ2n) is 8.21. The van der Waals surface area contributed by atoms with E-state index in [0.717, 1.165) is 44.5 Å². The van der Waals surface area contributed by atoms with Crippen molar-refractivity contribution < 1.29 is 19.4 Å². The van der Waals surface area contributed by atoms with Crippen LogP contribution in [0.1, 0.15) is 62.9 Å². The van der Waals surface area contributed by atoms with Gasteiger partial charge in [0.25, 0.3) is 0 Å². The van der Waals surface area contributed by atoms with Crippen LogP contribution in [0.4, 0.5) is 4.79 Å². The minimum atomic E-state index is -0.910. The number of hydrogen-bond acceptors (Lipinski definition) is 4. The number of carboxylic acid groups (broad SMARTS) is 1. The van der Waals surface area contributed by atoms with Gasteiger partial charge in [-0.05, 0) is 44.9 Å². The van der Waals surface area contributed by atoms with Crippen molar-refractivity contribution in [1.82, 2.24) is 9.80 Å². The number of aromatic carboxylic acids is 1. The Morgan fingerprint density at radius 2 is 1.85 bits per heavy atom. The van der Waals surface area contributed by atoms with Crippen LogP contribution in [0, 0.1) is 0 Å². The van der Waals surface area contributed by atoms with Gasteiger partial charge >= 0.3 is 12.1 Å². The van der Waals surface area contributed by atoms with E-state index in [-0.39, 0.29) is 12.1 Å². The second kappa shape index (κ2) is 9.22. The molecule has 1 fully saturated rings. The first kappa shape index (κ1) is 21.2. The zero-order valence-electron chi connectivity index (χ0n) is 16.9. The lowest BCUT2D eigenvalue weighted by molar-refractivity contribution is -0.00410. The molecule has 0 aromatic heterocycles. The number of carboxylic acids is 1. The summed E-state index contributed by atoms with van der Waals surface area (Å²) in [5, 5.41) is 9.02. The van der Waals surface area contributed by atoms with Crippen molar-refractivity contribution >= 4 is 12.1 Å². The maximum absolute atomic E-state index is 12.6. The third kappa shape index (κ3) is 6.54. The van der Waals surface area contributed by atoms with Gasteiger partial charge in [-0.2, -0.15) is 0 Å². The van der Waals surface area contributed by atoms with Gasteiger partial charge in [0.05, 0.1) is 5.56 Å². The molecule has 0 unspecified atom stereocenters. The largest absolute Gasteiger partial charge is 0.478 e. The molecule has 1 atom stereocenters. The Labute approximate surface area is 162 Å². The van der Waals surface area contributed by atoms with Gasteiger partial charge in [-0.25, -0.2) is 9.59 Å². The maximum Gasteiger partial charge on any atom is 0.410 e. The lowest BCUT2D eigenvalue weighted by Gasteiger charge is -2.42. The predicted molar refractivity (Wildman–Crippen MR) is 105 cm³/mol. The van der Waals surface area contributed by atoms with Crippen LogP contribution >= 0.6 is 0 Å². The van der Waals surface area contributed by atoms with E-state index in [1.54, 1.807) is 12.1 Å². The van der Waals surface area contributed by atoms with Crippen LogP contribution in [0.3, 0.4) is 0 Å². The molecule has 1 aromatic rings. The Hall–Kier alpha value is -2.08. The number of unbranched alkanes of at least 4 members (excludes halogenated alkanes) is 1. The Morgan fingerprint density at radius 1 is 1.19 bits per heavy atom. The topological polar surface area (TPSA) is 70.1 Å². The van der Waals surface area contributed by atoms with E-state index in [0.29, 0.717) is 12.1 Å². The quantitative estimate of drug-likeness (QED) is 0.813. The molecule has 0 bridgehead atoms. The smallest absolute Gasteiger partial charge is 0.410 e. The van der Waals surface area contributed by atoms with E-state index >= 15 is 0 Å². The highest BCUT2D eigenvalue weighted by molar-refractivity contribution is 5.87. The molecule has 6 heteroatoms. The minimum Gasteiger partial charge on any atom is -0.478 e. The number of hydrogen-bond donors (Lipinski definition) is 1. The summed E-state index contributed by atoms with van der Waals surface area (Å²) in [7, 11) is 0. The molecule has 1 saturated heterocycles. The van der Waals surface area contributed by atoms with Crippen LogP contribution in [0.5, 0.6) is 0 Å². The van der Waals surface area contributed by atoms with Gasteiger partial charge in [-0.1, -0.05) is 31.9 Å². The second-order valence-corrected chi connectivity index (χ2v) is 8.21. The van der Waals surface area contributed by atoms with Crippen LogP contribution in [0.25, 0.3) is 0 Å². The summed E-state index contributed by atoms with van der Waals surface area (Å²) in [4.78, 5) is 27.8. The highest BCUT2D eigenvalue weighted by atomic mass is 16.6. The molecule has 0 radical (unpaired) electrons. The van der Waals surface area contributed by atoms with Gasteiger partial charge < -0.3 is 14.7 Å². The lowest BCUT2D eigenvalue weighted by Crippen LogP contribution is -2.55. The number of rotatable bonds is 6. The summed E-state index contributed by atoms with van der Waals surface area (Å²) in [5.41, 5.74) is 0.893. The number of benzene rings is 1. The van der Waals surface area contributed by atoms with E-state index in [2.05, 4.69) is 11.8 Å². The maximum atomic E-state index is 12.6. The van der Waals surface area contributed by atoms with Crippen LogP contribution in [0.15, 0.2) is 24.3 Å². The molecule has 0 saturated carbocycles. The van der Waals surface area contributed by atoms with Gasteiger partial charge in [0.2, 0.25) is 0 Å². The normalized spacial score (nSPS) is 18.4. The highest BCUT2D eigenvalue weighted by Crippen LogP contribution is 2.21. The fourth-order valence-electron chi connectivity index (χ4n) is 3.32. The first-order valence-electron chi connectivity index (χ1n) is 9.74. The molecular weight excluding hydrogens is 344 g/mol. The molecule has 2 rings (SSSR count). The van der Waals surface area contributed by atoms with Crippen molar-refractivity contribution in [3.63, 3.8) is 0 Å². The highest BCUT2D eigenvalue weighted by Gasteiger charge is 2.32. The van der Waals surface area contributed by atoms with Gasteiger partial charge in [0.1, 0.15) is 5.60 Å². The number of piperazine rings is 1. The zero-order chi connectivity index (χ0) is 20.0. The molecule has 1 aliphatic rings. The third-order valence-electron chi connectivity index (χ3n) is 4.69. The summed E-state index contributed by atoms with van der Waals surface area (Å²) in [6.45, 7) is 10.8. The third-order valence-corrected chi connectivity index (χ3v) is 4.69. The number of ether oxygens (including phenoxy) is 1. The Bertz CT molecular complexity index is 637. The molecule has 1 heterocycles. The number of carbonyl (C=O) groups is 2.